The number of hydrogen-bond acceptors (Lipinski definition) is 1. The molecule has 0 bridgehead atoms. The Hall–Kier alpha value is -0.500. The van der Waals surface area contributed by atoms with Crippen LogP contribution in [0, 0.1) is 0 Å². The van der Waals surface area contributed by atoms with Crippen LogP contribution < -0.4 is 4.90 Å². The van der Waals surface area contributed by atoms with Crippen LogP contribution in [0.15, 0.2) is 22.7 Å². The molecule has 2 heteroatoms. The maximum Gasteiger partial charge on any atom is 0.0548 e. The third kappa shape index (κ3) is 2.27. The van der Waals surface area contributed by atoms with Crippen molar-refractivity contribution >= 4 is 21.6 Å². The fourth-order valence-electron chi connectivity index (χ4n) is 2.38. The van der Waals surface area contributed by atoms with Gasteiger partial charge in [-0.1, -0.05) is 32.9 Å². The van der Waals surface area contributed by atoms with E-state index in [4.69, 9.17) is 0 Å². The molecule has 0 N–H and O–H groups in total. The van der Waals surface area contributed by atoms with Crippen molar-refractivity contribution in [1.29, 1.82) is 0 Å². The van der Waals surface area contributed by atoms with Gasteiger partial charge in [0.15, 0.2) is 0 Å². The number of benzene rings is 1. The summed E-state index contributed by atoms with van der Waals surface area (Å²) in [5, 5.41) is 0. The molecule has 88 valence electrons. The van der Waals surface area contributed by atoms with Crippen molar-refractivity contribution in [2.24, 2.45) is 0 Å². The van der Waals surface area contributed by atoms with E-state index in [1.165, 1.54) is 41.7 Å². The third-order valence-electron chi connectivity index (χ3n) is 3.22. The smallest absolute Gasteiger partial charge is 0.0548 e. The predicted molar refractivity (Wildman–Crippen MR) is 74.3 cm³/mol. The molecular formula is C14H20BrN. The van der Waals surface area contributed by atoms with Crippen molar-refractivity contribution in [2.75, 3.05) is 18.0 Å². The largest absolute Gasteiger partial charge is 0.370 e. The van der Waals surface area contributed by atoms with E-state index in [0.29, 0.717) is 0 Å². The van der Waals surface area contributed by atoms with Crippen LogP contribution >= 0.6 is 15.9 Å². The second kappa shape index (κ2) is 4.40. The summed E-state index contributed by atoms with van der Waals surface area (Å²) in [6.07, 6.45) is 2.65. The molecule has 0 saturated carbocycles. The Bertz CT molecular complexity index is 373. The van der Waals surface area contributed by atoms with Crippen LogP contribution in [0.2, 0.25) is 0 Å². The topological polar surface area (TPSA) is 3.24 Å². The summed E-state index contributed by atoms with van der Waals surface area (Å²) >= 11 is 3.71. The van der Waals surface area contributed by atoms with E-state index < -0.39 is 0 Å². The highest BCUT2D eigenvalue weighted by molar-refractivity contribution is 9.10. The molecule has 0 aromatic heterocycles. The van der Waals surface area contributed by atoms with Crippen molar-refractivity contribution < 1.29 is 0 Å². The molecule has 1 aromatic carbocycles. The Morgan fingerprint density at radius 3 is 2.31 bits per heavy atom. The number of nitrogens with zero attached hydrogens (tertiary/aromatic N) is 1. The number of para-hydroxylation sites is 1. The van der Waals surface area contributed by atoms with Gasteiger partial charge in [0.25, 0.3) is 0 Å². The Kier molecular flexibility index (Phi) is 3.29. The van der Waals surface area contributed by atoms with Gasteiger partial charge in [0.1, 0.15) is 0 Å². The molecule has 0 radical (unpaired) electrons. The molecule has 0 aliphatic carbocycles. The standard InChI is InChI=1S/C14H20BrN/c1-14(2,3)11-7-6-8-12(15)13(11)16-9-4-5-10-16/h6-8H,4-5,9-10H2,1-3H3. The lowest BCUT2D eigenvalue weighted by molar-refractivity contribution is 0.588. The fourth-order valence-corrected chi connectivity index (χ4v) is 3.00. The van der Waals surface area contributed by atoms with Crippen LogP contribution in [0.25, 0.3) is 0 Å². The predicted octanol–water partition coefficient (Wildman–Crippen LogP) is 4.35. The summed E-state index contributed by atoms with van der Waals surface area (Å²) in [7, 11) is 0. The molecule has 2 rings (SSSR count). The first-order valence-corrected chi connectivity index (χ1v) is 6.83. The monoisotopic (exact) mass is 281 g/mol. The molecule has 1 aromatic rings. The summed E-state index contributed by atoms with van der Waals surface area (Å²) in [5.74, 6) is 0. The summed E-state index contributed by atoms with van der Waals surface area (Å²) < 4.78 is 1.24. The second-order valence-corrected chi connectivity index (χ2v) is 6.43. The molecule has 1 heterocycles. The van der Waals surface area contributed by atoms with Gasteiger partial charge in [-0.2, -0.15) is 0 Å². The highest BCUT2D eigenvalue weighted by Crippen LogP contribution is 2.38. The van der Waals surface area contributed by atoms with Gasteiger partial charge < -0.3 is 4.90 Å². The minimum Gasteiger partial charge on any atom is -0.370 e. The first kappa shape index (κ1) is 12.0. The zero-order valence-corrected chi connectivity index (χ0v) is 12.0. The maximum atomic E-state index is 3.71. The Morgan fingerprint density at radius 2 is 1.75 bits per heavy atom. The van der Waals surface area contributed by atoms with Crippen LogP contribution in [0.5, 0.6) is 0 Å². The van der Waals surface area contributed by atoms with Crippen LogP contribution in [-0.2, 0) is 5.41 Å². The van der Waals surface area contributed by atoms with E-state index in [-0.39, 0.29) is 5.41 Å². The normalized spacial score (nSPS) is 16.9. The van der Waals surface area contributed by atoms with Crippen molar-refractivity contribution in [3.05, 3.63) is 28.2 Å². The number of halogens is 1. The molecule has 0 amide bonds. The van der Waals surface area contributed by atoms with Gasteiger partial charge in [-0.25, -0.2) is 0 Å². The first-order valence-electron chi connectivity index (χ1n) is 6.04. The second-order valence-electron chi connectivity index (χ2n) is 5.58. The Morgan fingerprint density at radius 1 is 1.12 bits per heavy atom. The molecular weight excluding hydrogens is 262 g/mol. The van der Waals surface area contributed by atoms with Crippen molar-refractivity contribution in [3.63, 3.8) is 0 Å². The zero-order valence-electron chi connectivity index (χ0n) is 10.4. The Labute approximate surface area is 107 Å². The number of rotatable bonds is 1. The van der Waals surface area contributed by atoms with Gasteiger partial charge in [-0.3, -0.25) is 0 Å². The van der Waals surface area contributed by atoms with Crippen molar-refractivity contribution in [1.82, 2.24) is 0 Å². The van der Waals surface area contributed by atoms with Gasteiger partial charge in [-0.05, 0) is 45.8 Å². The summed E-state index contributed by atoms with van der Waals surface area (Å²) in [4.78, 5) is 2.52. The molecule has 0 atom stereocenters. The number of hydrogen-bond donors (Lipinski definition) is 0. The molecule has 1 fully saturated rings. The van der Waals surface area contributed by atoms with Gasteiger partial charge in [0.2, 0.25) is 0 Å². The van der Waals surface area contributed by atoms with Gasteiger partial charge in [-0.15, -0.1) is 0 Å². The van der Waals surface area contributed by atoms with Gasteiger partial charge in [0, 0.05) is 17.6 Å². The first-order chi connectivity index (χ1) is 7.50. The summed E-state index contributed by atoms with van der Waals surface area (Å²) in [5.41, 5.74) is 3.07. The molecule has 1 nitrogen and oxygen atoms in total. The maximum absolute atomic E-state index is 3.71. The average Bonchev–Trinajstić information content (AvgIpc) is 2.68. The third-order valence-corrected chi connectivity index (χ3v) is 3.86. The lowest BCUT2D eigenvalue weighted by Crippen LogP contribution is -2.24. The van der Waals surface area contributed by atoms with Crippen LogP contribution in [0.3, 0.4) is 0 Å². The van der Waals surface area contributed by atoms with E-state index >= 15 is 0 Å². The zero-order chi connectivity index (χ0) is 11.8. The van der Waals surface area contributed by atoms with Crippen LogP contribution in [0.1, 0.15) is 39.2 Å². The Balaban J connectivity index is 2.48. The van der Waals surface area contributed by atoms with Crippen molar-refractivity contribution in [3.8, 4) is 0 Å². The molecule has 0 unspecified atom stereocenters. The van der Waals surface area contributed by atoms with E-state index in [9.17, 15) is 0 Å². The molecule has 1 saturated heterocycles. The molecule has 1 aliphatic rings. The van der Waals surface area contributed by atoms with Crippen molar-refractivity contribution in [2.45, 2.75) is 39.0 Å². The van der Waals surface area contributed by atoms with E-state index in [1.807, 2.05) is 0 Å². The molecule has 16 heavy (non-hydrogen) atoms. The SMILES string of the molecule is CC(C)(C)c1cccc(Br)c1N1CCCC1. The fraction of sp³-hybridized carbons (Fsp3) is 0.571. The minimum atomic E-state index is 0.210. The van der Waals surface area contributed by atoms with Crippen LogP contribution in [0.4, 0.5) is 5.69 Å². The minimum absolute atomic E-state index is 0.210. The summed E-state index contributed by atoms with van der Waals surface area (Å²) in [6.45, 7) is 9.26. The van der Waals surface area contributed by atoms with E-state index in [0.717, 1.165) is 0 Å². The number of anilines is 1. The highest BCUT2D eigenvalue weighted by atomic mass is 79.9. The average molecular weight is 282 g/mol. The van der Waals surface area contributed by atoms with Crippen LogP contribution in [-0.4, -0.2) is 13.1 Å². The molecule has 0 spiro atoms. The van der Waals surface area contributed by atoms with Gasteiger partial charge >= 0.3 is 0 Å². The lowest BCUT2D eigenvalue weighted by Gasteiger charge is -2.29. The molecule has 1 aliphatic heterocycles. The highest BCUT2D eigenvalue weighted by Gasteiger charge is 2.24. The quantitative estimate of drug-likeness (QED) is 0.740. The van der Waals surface area contributed by atoms with E-state index in [2.05, 4.69) is 59.8 Å². The van der Waals surface area contributed by atoms with Gasteiger partial charge in [0.05, 0.1) is 5.69 Å². The lowest BCUT2D eigenvalue weighted by atomic mass is 9.85. The van der Waals surface area contributed by atoms with E-state index in [1.54, 1.807) is 0 Å². The summed E-state index contributed by atoms with van der Waals surface area (Å²) in [6, 6.07) is 6.56.